The standard InChI is InChI=1S/C19H28N2O4/c1-12(2)19(5,11-18(24)25)21-17(23)10-16(20-14(4)22)15-8-6-13(3)7-9-15/h6-9,12,16H,10-11H2,1-5H3,(H,20,22)(H,21,23)(H,24,25). The van der Waals surface area contributed by atoms with Crippen molar-refractivity contribution in [3.63, 3.8) is 0 Å². The Morgan fingerprint density at radius 1 is 1.16 bits per heavy atom. The number of carbonyl (C=O) groups excluding carboxylic acids is 2. The molecule has 2 atom stereocenters. The Hall–Kier alpha value is -2.37. The summed E-state index contributed by atoms with van der Waals surface area (Å²) >= 11 is 0. The van der Waals surface area contributed by atoms with Crippen LogP contribution in [0.1, 0.15) is 57.7 Å². The number of aliphatic carboxylic acids is 1. The molecule has 0 fully saturated rings. The Balaban J connectivity index is 2.92. The Morgan fingerprint density at radius 3 is 2.16 bits per heavy atom. The molecular formula is C19H28N2O4. The lowest BCUT2D eigenvalue weighted by Gasteiger charge is -2.34. The molecule has 0 saturated carbocycles. The molecule has 2 amide bonds. The topological polar surface area (TPSA) is 95.5 Å². The first kappa shape index (κ1) is 20.7. The van der Waals surface area contributed by atoms with Gasteiger partial charge in [0.25, 0.3) is 0 Å². The maximum atomic E-state index is 12.5. The van der Waals surface area contributed by atoms with Gasteiger partial charge in [-0.05, 0) is 25.3 Å². The van der Waals surface area contributed by atoms with E-state index in [2.05, 4.69) is 10.6 Å². The minimum atomic E-state index is -0.964. The van der Waals surface area contributed by atoms with Crippen LogP contribution in [0, 0.1) is 12.8 Å². The molecule has 0 spiro atoms. The summed E-state index contributed by atoms with van der Waals surface area (Å²) in [6.07, 6.45) is -0.115. The highest BCUT2D eigenvalue weighted by atomic mass is 16.4. The van der Waals surface area contributed by atoms with Gasteiger partial charge in [-0.15, -0.1) is 0 Å². The highest BCUT2D eigenvalue weighted by Gasteiger charge is 2.33. The minimum absolute atomic E-state index is 0.0462. The molecule has 6 nitrogen and oxygen atoms in total. The summed E-state index contributed by atoms with van der Waals surface area (Å²) < 4.78 is 0. The monoisotopic (exact) mass is 348 g/mol. The third-order valence-electron chi connectivity index (χ3n) is 4.46. The molecule has 0 aliphatic rings. The number of nitrogens with one attached hydrogen (secondary N) is 2. The predicted octanol–water partition coefficient (Wildman–Crippen LogP) is 2.57. The number of benzene rings is 1. The number of carboxylic acids is 1. The van der Waals surface area contributed by atoms with Gasteiger partial charge < -0.3 is 15.7 Å². The van der Waals surface area contributed by atoms with E-state index in [-0.39, 0.29) is 30.6 Å². The SMILES string of the molecule is CC(=O)NC(CC(=O)NC(C)(CC(=O)O)C(C)C)c1ccc(C)cc1. The highest BCUT2D eigenvalue weighted by molar-refractivity contribution is 5.80. The van der Waals surface area contributed by atoms with Crippen LogP contribution >= 0.6 is 0 Å². The lowest BCUT2D eigenvalue weighted by atomic mass is 9.85. The molecule has 0 bridgehead atoms. The third-order valence-corrected chi connectivity index (χ3v) is 4.46. The van der Waals surface area contributed by atoms with Gasteiger partial charge in [0.1, 0.15) is 0 Å². The largest absolute Gasteiger partial charge is 0.481 e. The average molecular weight is 348 g/mol. The van der Waals surface area contributed by atoms with Crippen LogP contribution in [-0.4, -0.2) is 28.4 Å². The first-order valence-electron chi connectivity index (χ1n) is 8.40. The van der Waals surface area contributed by atoms with E-state index >= 15 is 0 Å². The molecule has 0 radical (unpaired) electrons. The van der Waals surface area contributed by atoms with Gasteiger partial charge in [0, 0.05) is 12.5 Å². The van der Waals surface area contributed by atoms with Gasteiger partial charge >= 0.3 is 5.97 Å². The second-order valence-corrected chi connectivity index (χ2v) is 7.06. The minimum Gasteiger partial charge on any atom is -0.481 e. The fraction of sp³-hybridized carbons (Fsp3) is 0.526. The number of rotatable bonds is 8. The van der Waals surface area contributed by atoms with Crippen molar-refractivity contribution in [2.24, 2.45) is 5.92 Å². The number of aryl methyl sites for hydroxylation is 1. The summed E-state index contributed by atoms with van der Waals surface area (Å²) in [4.78, 5) is 35.1. The van der Waals surface area contributed by atoms with Crippen LogP contribution in [0.15, 0.2) is 24.3 Å². The number of carbonyl (C=O) groups is 3. The first-order valence-corrected chi connectivity index (χ1v) is 8.40. The normalized spacial score (nSPS) is 14.5. The maximum Gasteiger partial charge on any atom is 0.305 e. The van der Waals surface area contributed by atoms with Crippen molar-refractivity contribution >= 4 is 17.8 Å². The van der Waals surface area contributed by atoms with Crippen molar-refractivity contribution in [2.75, 3.05) is 0 Å². The molecule has 0 aromatic heterocycles. The van der Waals surface area contributed by atoms with Gasteiger partial charge in [-0.3, -0.25) is 14.4 Å². The zero-order valence-electron chi connectivity index (χ0n) is 15.6. The molecule has 25 heavy (non-hydrogen) atoms. The van der Waals surface area contributed by atoms with Crippen molar-refractivity contribution in [3.05, 3.63) is 35.4 Å². The molecule has 0 heterocycles. The van der Waals surface area contributed by atoms with E-state index in [9.17, 15) is 14.4 Å². The maximum absolute atomic E-state index is 12.5. The summed E-state index contributed by atoms with van der Waals surface area (Å²) in [7, 11) is 0. The van der Waals surface area contributed by atoms with Crippen LogP contribution in [0.2, 0.25) is 0 Å². The third kappa shape index (κ3) is 6.57. The van der Waals surface area contributed by atoms with Gasteiger partial charge in [0.05, 0.1) is 18.9 Å². The van der Waals surface area contributed by atoms with Crippen molar-refractivity contribution in [2.45, 2.75) is 59.0 Å². The number of hydrogen-bond donors (Lipinski definition) is 3. The number of amides is 2. The highest BCUT2D eigenvalue weighted by Crippen LogP contribution is 2.23. The van der Waals surface area contributed by atoms with E-state index in [1.807, 2.05) is 45.0 Å². The molecule has 0 aliphatic carbocycles. The summed E-state index contributed by atoms with van der Waals surface area (Å²) in [5.41, 5.74) is 1.07. The van der Waals surface area contributed by atoms with Gasteiger partial charge in [0.15, 0.2) is 0 Å². The summed E-state index contributed by atoms with van der Waals surface area (Å²) in [5, 5.41) is 14.7. The molecule has 0 aliphatic heterocycles. The fourth-order valence-corrected chi connectivity index (χ4v) is 2.56. The van der Waals surface area contributed by atoms with Gasteiger partial charge in [0.2, 0.25) is 11.8 Å². The average Bonchev–Trinajstić information content (AvgIpc) is 2.45. The van der Waals surface area contributed by atoms with Crippen LogP contribution in [-0.2, 0) is 14.4 Å². The van der Waals surface area contributed by atoms with E-state index in [1.165, 1.54) is 6.92 Å². The molecule has 6 heteroatoms. The van der Waals surface area contributed by atoms with Gasteiger partial charge in [-0.1, -0.05) is 43.7 Å². The number of hydrogen-bond acceptors (Lipinski definition) is 3. The lowest BCUT2D eigenvalue weighted by Crippen LogP contribution is -2.52. The summed E-state index contributed by atoms with van der Waals surface area (Å²) in [5.74, 6) is -1.54. The predicted molar refractivity (Wildman–Crippen MR) is 96.0 cm³/mol. The Labute approximate surface area is 149 Å². The second-order valence-electron chi connectivity index (χ2n) is 7.06. The van der Waals surface area contributed by atoms with Gasteiger partial charge in [-0.25, -0.2) is 0 Å². The Bertz CT molecular complexity index is 625. The van der Waals surface area contributed by atoms with E-state index in [4.69, 9.17) is 5.11 Å². The van der Waals surface area contributed by atoms with Crippen LogP contribution in [0.4, 0.5) is 0 Å². The summed E-state index contributed by atoms with van der Waals surface area (Å²) in [6, 6.07) is 7.14. The lowest BCUT2D eigenvalue weighted by molar-refractivity contribution is -0.139. The molecule has 1 aromatic carbocycles. The van der Waals surface area contributed by atoms with Crippen molar-refractivity contribution < 1.29 is 19.5 Å². The Morgan fingerprint density at radius 2 is 1.72 bits per heavy atom. The zero-order valence-corrected chi connectivity index (χ0v) is 15.6. The van der Waals surface area contributed by atoms with E-state index in [1.54, 1.807) is 6.92 Å². The van der Waals surface area contributed by atoms with Gasteiger partial charge in [-0.2, -0.15) is 0 Å². The molecule has 2 unspecified atom stereocenters. The van der Waals surface area contributed by atoms with Crippen molar-refractivity contribution in [3.8, 4) is 0 Å². The second kappa shape index (κ2) is 8.65. The molecule has 138 valence electrons. The van der Waals surface area contributed by atoms with Crippen molar-refractivity contribution in [1.29, 1.82) is 0 Å². The molecular weight excluding hydrogens is 320 g/mol. The number of carboxylic acid groups (broad SMARTS) is 1. The van der Waals surface area contributed by atoms with Crippen LogP contribution in [0.25, 0.3) is 0 Å². The smallest absolute Gasteiger partial charge is 0.305 e. The van der Waals surface area contributed by atoms with Crippen molar-refractivity contribution in [1.82, 2.24) is 10.6 Å². The summed E-state index contributed by atoms with van der Waals surface area (Å²) in [6.45, 7) is 8.83. The molecule has 0 saturated heterocycles. The van der Waals surface area contributed by atoms with E-state index < -0.39 is 17.6 Å². The molecule has 1 aromatic rings. The van der Waals surface area contributed by atoms with Crippen LogP contribution in [0.5, 0.6) is 0 Å². The van der Waals surface area contributed by atoms with Crippen LogP contribution in [0.3, 0.4) is 0 Å². The molecule has 3 N–H and O–H groups in total. The Kier molecular flexibility index (Phi) is 7.15. The van der Waals surface area contributed by atoms with Crippen LogP contribution < -0.4 is 10.6 Å². The van der Waals surface area contributed by atoms with E-state index in [0.29, 0.717) is 0 Å². The fourth-order valence-electron chi connectivity index (χ4n) is 2.56. The van der Waals surface area contributed by atoms with E-state index in [0.717, 1.165) is 11.1 Å². The quantitative estimate of drug-likeness (QED) is 0.673. The zero-order chi connectivity index (χ0) is 19.2. The molecule has 1 rings (SSSR count). The first-order chi connectivity index (χ1) is 11.5.